The lowest BCUT2D eigenvalue weighted by Gasteiger charge is -2.12. The predicted molar refractivity (Wildman–Crippen MR) is 80.4 cm³/mol. The lowest BCUT2D eigenvalue weighted by molar-refractivity contribution is 0.578. The van der Waals surface area contributed by atoms with Gasteiger partial charge in [0, 0.05) is 11.1 Å². The molecule has 3 rings (SSSR count). The number of nitrogens with two attached hydrogens (primary N) is 1. The van der Waals surface area contributed by atoms with Gasteiger partial charge in [-0.05, 0) is 47.9 Å². The van der Waals surface area contributed by atoms with E-state index < -0.39 is 0 Å². The molecule has 0 aliphatic heterocycles. The zero-order valence-electron chi connectivity index (χ0n) is 10.8. The van der Waals surface area contributed by atoms with Crippen molar-refractivity contribution in [2.24, 2.45) is 11.7 Å². The van der Waals surface area contributed by atoms with Crippen molar-refractivity contribution in [3.05, 3.63) is 70.7 Å². The van der Waals surface area contributed by atoms with Crippen molar-refractivity contribution in [1.82, 2.24) is 0 Å². The molecule has 0 spiro atoms. The molecule has 1 aliphatic carbocycles. The van der Waals surface area contributed by atoms with E-state index in [0.29, 0.717) is 11.8 Å². The number of benzene rings is 2. The highest BCUT2D eigenvalue weighted by molar-refractivity contribution is 6.30. The maximum atomic E-state index is 6.35. The van der Waals surface area contributed by atoms with E-state index in [0.717, 1.165) is 11.4 Å². The molecule has 3 atom stereocenters. The minimum Gasteiger partial charge on any atom is -0.327 e. The first-order valence-corrected chi connectivity index (χ1v) is 7.17. The van der Waals surface area contributed by atoms with Crippen LogP contribution in [0.5, 0.6) is 0 Å². The quantitative estimate of drug-likeness (QED) is 0.893. The second-order valence-corrected chi connectivity index (χ2v) is 5.85. The molecule has 19 heavy (non-hydrogen) atoms. The van der Waals surface area contributed by atoms with Gasteiger partial charge >= 0.3 is 0 Å². The fourth-order valence-electron chi connectivity index (χ4n) is 2.86. The van der Waals surface area contributed by atoms with Gasteiger partial charge in [-0.2, -0.15) is 0 Å². The van der Waals surface area contributed by atoms with E-state index in [1.54, 1.807) is 0 Å². The summed E-state index contributed by atoms with van der Waals surface area (Å²) in [5.41, 5.74) is 9.01. The number of hydrogen-bond donors (Lipinski definition) is 1. The molecule has 98 valence electrons. The molecule has 0 amide bonds. The van der Waals surface area contributed by atoms with Gasteiger partial charge in [0.05, 0.1) is 0 Å². The van der Waals surface area contributed by atoms with Crippen molar-refractivity contribution in [3.63, 3.8) is 0 Å². The minimum atomic E-state index is 0.226. The highest BCUT2D eigenvalue weighted by atomic mass is 35.5. The molecule has 2 aromatic carbocycles. The van der Waals surface area contributed by atoms with Gasteiger partial charge in [0.15, 0.2) is 0 Å². The van der Waals surface area contributed by atoms with Gasteiger partial charge in [0.1, 0.15) is 0 Å². The summed E-state index contributed by atoms with van der Waals surface area (Å²) in [5, 5.41) is 0.792. The van der Waals surface area contributed by atoms with E-state index in [2.05, 4.69) is 36.4 Å². The van der Waals surface area contributed by atoms with Gasteiger partial charge in [0.25, 0.3) is 0 Å². The molecule has 2 N–H and O–H groups in total. The first kappa shape index (κ1) is 12.7. The van der Waals surface area contributed by atoms with Crippen LogP contribution in [0.4, 0.5) is 0 Å². The van der Waals surface area contributed by atoms with Crippen LogP contribution in [0, 0.1) is 5.92 Å². The Kier molecular flexibility index (Phi) is 3.58. The summed E-state index contributed by atoms with van der Waals surface area (Å²) in [6.45, 7) is 0. The fraction of sp³-hybridized carbons (Fsp3) is 0.294. The van der Waals surface area contributed by atoms with E-state index in [-0.39, 0.29) is 6.04 Å². The van der Waals surface area contributed by atoms with Crippen LogP contribution in [0.2, 0.25) is 5.02 Å². The Labute approximate surface area is 119 Å². The standard InChI is InChI=1S/C17H18ClN/c18-14-8-4-5-12(9-14)10-17(19)16-11-15(16)13-6-2-1-3-7-13/h1-9,15-17H,10-11,19H2. The van der Waals surface area contributed by atoms with Crippen LogP contribution in [0.3, 0.4) is 0 Å². The molecule has 1 aliphatic rings. The largest absolute Gasteiger partial charge is 0.327 e. The third-order valence-electron chi connectivity index (χ3n) is 3.98. The molecule has 1 saturated carbocycles. The summed E-state index contributed by atoms with van der Waals surface area (Å²) in [7, 11) is 0. The molecular formula is C17H18ClN. The normalized spacial score (nSPS) is 23.1. The van der Waals surface area contributed by atoms with E-state index in [1.807, 2.05) is 18.2 Å². The molecule has 1 fully saturated rings. The minimum absolute atomic E-state index is 0.226. The van der Waals surface area contributed by atoms with Gasteiger partial charge in [-0.25, -0.2) is 0 Å². The molecule has 0 aromatic heterocycles. The SMILES string of the molecule is NC(Cc1cccc(Cl)c1)C1CC1c1ccccc1. The van der Waals surface area contributed by atoms with Gasteiger partial charge in [-0.3, -0.25) is 0 Å². The van der Waals surface area contributed by atoms with Crippen LogP contribution in [0.1, 0.15) is 23.5 Å². The molecule has 2 heteroatoms. The van der Waals surface area contributed by atoms with Crippen molar-refractivity contribution in [2.75, 3.05) is 0 Å². The van der Waals surface area contributed by atoms with E-state index >= 15 is 0 Å². The summed E-state index contributed by atoms with van der Waals surface area (Å²) < 4.78 is 0. The average Bonchev–Trinajstić information content (AvgIpc) is 3.20. The second-order valence-electron chi connectivity index (χ2n) is 5.41. The van der Waals surface area contributed by atoms with Gasteiger partial charge in [-0.15, -0.1) is 0 Å². The summed E-state index contributed by atoms with van der Waals surface area (Å²) in [6, 6.07) is 18.9. The summed E-state index contributed by atoms with van der Waals surface area (Å²) in [5.74, 6) is 1.26. The maximum Gasteiger partial charge on any atom is 0.0408 e. The fourth-order valence-corrected chi connectivity index (χ4v) is 3.07. The van der Waals surface area contributed by atoms with E-state index in [9.17, 15) is 0 Å². The van der Waals surface area contributed by atoms with Gasteiger partial charge in [0.2, 0.25) is 0 Å². The maximum absolute atomic E-state index is 6.35. The predicted octanol–water partition coefficient (Wildman–Crippen LogP) is 4.01. The lowest BCUT2D eigenvalue weighted by atomic mass is 10.00. The second kappa shape index (κ2) is 5.36. The van der Waals surface area contributed by atoms with Gasteiger partial charge < -0.3 is 5.73 Å². The number of rotatable bonds is 4. The Hall–Kier alpha value is -1.31. The van der Waals surface area contributed by atoms with E-state index in [4.69, 9.17) is 17.3 Å². The summed E-state index contributed by atoms with van der Waals surface area (Å²) in [4.78, 5) is 0. The van der Waals surface area contributed by atoms with Crippen LogP contribution in [-0.2, 0) is 6.42 Å². The molecule has 0 saturated heterocycles. The third-order valence-corrected chi connectivity index (χ3v) is 4.21. The van der Waals surface area contributed by atoms with Crippen molar-refractivity contribution < 1.29 is 0 Å². The molecular weight excluding hydrogens is 254 g/mol. The monoisotopic (exact) mass is 271 g/mol. The zero-order chi connectivity index (χ0) is 13.2. The summed E-state index contributed by atoms with van der Waals surface area (Å²) in [6.07, 6.45) is 2.13. The molecule has 3 unspecified atom stereocenters. The average molecular weight is 272 g/mol. The molecule has 2 aromatic rings. The zero-order valence-corrected chi connectivity index (χ0v) is 11.6. The van der Waals surface area contributed by atoms with Crippen molar-refractivity contribution in [3.8, 4) is 0 Å². The molecule has 1 nitrogen and oxygen atoms in total. The van der Waals surface area contributed by atoms with Crippen molar-refractivity contribution >= 4 is 11.6 Å². The Morgan fingerprint density at radius 2 is 1.89 bits per heavy atom. The van der Waals surface area contributed by atoms with Crippen molar-refractivity contribution in [1.29, 1.82) is 0 Å². The Morgan fingerprint density at radius 1 is 1.11 bits per heavy atom. The topological polar surface area (TPSA) is 26.0 Å². The van der Waals surface area contributed by atoms with Crippen molar-refractivity contribution in [2.45, 2.75) is 24.8 Å². The van der Waals surface area contributed by atoms with Gasteiger partial charge in [-0.1, -0.05) is 54.1 Å². The smallest absolute Gasteiger partial charge is 0.0408 e. The van der Waals surface area contributed by atoms with Crippen LogP contribution >= 0.6 is 11.6 Å². The molecule has 0 bridgehead atoms. The number of halogens is 1. The third kappa shape index (κ3) is 2.99. The Balaban J connectivity index is 1.63. The van der Waals surface area contributed by atoms with Crippen LogP contribution in [0.25, 0.3) is 0 Å². The first-order chi connectivity index (χ1) is 9.24. The Bertz CT molecular complexity index is 552. The van der Waals surface area contributed by atoms with E-state index in [1.165, 1.54) is 17.5 Å². The Morgan fingerprint density at radius 3 is 2.63 bits per heavy atom. The van der Waals surface area contributed by atoms with Crippen LogP contribution in [-0.4, -0.2) is 6.04 Å². The molecule has 0 radical (unpaired) electrons. The number of hydrogen-bond acceptors (Lipinski definition) is 1. The molecule has 0 heterocycles. The highest BCUT2D eigenvalue weighted by Gasteiger charge is 2.42. The summed E-state index contributed by atoms with van der Waals surface area (Å²) >= 11 is 6.01. The highest BCUT2D eigenvalue weighted by Crippen LogP contribution is 2.49. The van der Waals surface area contributed by atoms with Crippen LogP contribution in [0.15, 0.2) is 54.6 Å². The first-order valence-electron chi connectivity index (χ1n) is 6.79. The lowest BCUT2D eigenvalue weighted by Crippen LogP contribution is -2.25. The van der Waals surface area contributed by atoms with Crippen LogP contribution < -0.4 is 5.73 Å².